The molecule has 1 aromatic carbocycles. The molecule has 0 aliphatic carbocycles. The Hall–Kier alpha value is -0.950. The lowest BCUT2D eigenvalue weighted by atomic mass is 10.1. The Morgan fingerprint density at radius 3 is 1.54 bits per heavy atom. The van der Waals surface area contributed by atoms with Gasteiger partial charge in [0.25, 0.3) is 10.1 Å². The van der Waals surface area contributed by atoms with Crippen LogP contribution in [-0.2, 0) is 10.1 Å². The van der Waals surface area contributed by atoms with Gasteiger partial charge in [0.15, 0.2) is 0 Å². The monoisotopic (exact) mass is 417 g/mol. The van der Waals surface area contributed by atoms with Gasteiger partial charge < -0.3 is 6.15 Å². The normalized spacial score (nSPS) is 11.3. The second-order valence-corrected chi connectivity index (χ2v) is 9.48. The van der Waals surface area contributed by atoms with E-state index in [9.17, 15) is 8.42 Å². The number of quaternary nitrogens is 1. The number of para-hydroxylation sites is 1. The highest BCUT2D eigenvalue weighted by Crippen LogP contribution is 2.19. The van der Waals surface area contributed by atoms with Crippen LogP contribution in [0.15, 0.2) is 30.3 Å². The van der Waals surface area contributed by atoms with E-state index < -0.39 is 10.1 Å². The Bertz CT molecular complexity index is 552. The average Bonchev–Trinajstić information content (AvgIpc) is 2.59. The topological polar surface area (TPSA) is 89.4 Å². The predicted octanol–water partition coefficient (Wildman–Crippen LogP) is 6.23. The van der Waals surface area contributed by atoms with Crippen LogP contribution in [0.1, 0.15) is 77.6 Å². The summed E-state index contributed by atoms with van der Waals surface area (Å²) >= 11 is 0. The average molecular weight is 418 g/mol. The highest BCUT2D eigenvalue weighted by molar-refractivity contribution is 7.85. The van der Waals surface area contributed by atoms with Crippen molar-refractivity contribution in [1.29, 1.82) is 0 Å². The highest BCUT2D eigenvalue weighted by atomic mass is 32.2. The Labute approximate surface area is 174 Å². The largest absolute Gasteiger partial charge is 0.344 e. The third-order valence-corrected chi connectivity index (χ3v) is 4.78. The van der Waals surface area contributed by atoms with Gasteiger partial charge in [-0.3, -0.25) is 9.04 Å². The van der Waals surface area contributed by atoms with E-state index in [0.717, 1.165) is 4.48 Å². The standard InChI is InChI=1S/C21H38N.CH4O3S.H3N/c1-4-5-6-7-8-9-10-11-12-13-17-20-22(2,3)21-18-15-14-16-19-21;1-5(2,3)4;/h14-16,18-19H,4-13,17,20H2,1-3H3;1H3,(H,2,3,4);1H3/q+1;;. The van der Waals surface area contributed by atoms with Crippen molar-refractivity contribution >= 4 is 15.8 Å². The second kappa shape index (κ2) is 17.0. The molecule has 0 atom stereocenters. The lowest BCUT2D eigenvalue weighted by Crippen LogP contribution is -2.41. The van der Waals surface area contributed by atoms with Crippen LogP contribution in [0.3, 0.4) is 0 Å². The third kappa shape index (κ3) is 19.8. The third-order valence-electron chi connectivity index (χ3n) is 4.78. The van der Waals surface area contributed by atoms with Crippen LogP contribution in [0.5, 0.6) is 0 Å². The van der Waals surface area contributed by atoms with Gasteiger partial charge in [0.2, 0.25) is 0 Å². The van der Waals surface area contributed by atoms with Gasteiger partial charge in [-0.25, -0.2) is 0 Å². The Morgan fingerprint density at radius 1 is 0.786 bits per heavy atom. The smallest absolute Gasteiger partial charge is 0.261 e. The number of nitrogens with zero attached hydrogens (tertiary/aromatic N) is 1. The lowest BCUT2D eigenvalue weighted by molar-refractivity contribution is 0.380. The van der Waals surface area contributed by atoms with Gasteiger partial charge >= 0.3 is 0 Å². The molecule has 0 saturated heterocycles. The molecule has 0 aliphatic heterocycles. The zero-order valence-corrected chi connectivity index (χ0v) is 19.5. The molecular weight excluding hydrogens is 372 g/mol. The summed E-state index contributed by atoms with van der Waals surface area (Å²) < 4.78 is 26.9. The van der Waals surface area contributed by atoms with Crippen LogP contribution in [0, 0.1) is 0 Å². The molecule has 0 aromatic heterocycles. The zero-order valence-electron chi connectivity index (χ0n) is 18.7. The van der Waals surface area contributed by atoms with Crippen molar-refractivity contribution in [3.63, 3.8) is 0 Å². The summed E-state index contributed by atoms with van der Waals surface area (Å²) in [4.78, 5) is 0. The summed E-state index contributed by atoms with van der Waals surface area (Å²) in [7, 11) is 0.983. The van der Waals surface area contributed by atoms with E-state index in [4.69, 9.17) is 4.55 Å². The fraction of sp³-hybridized carbons (Fsp3) is 0.727. The maximum absolute atomic E-state index is 9.19. The molecule has 1 aromatic rings. The molecule has 0 bridgehead atoms. The molecule has 0 fully saturated rings. The molecule has 0 spiro atoms. The SMILES string of the molecule is CCCCCCCCCCCCC[N+](C)(C)c1ccccc1.CS(=O)(=O)O.N. The summed E-state index contributed by atoms with van der Waals surface area (Å²) in [5.41, 5.74) is 1.43. The highest BCUT2D eigenvalue weighted by Gasteiger charge is 2.17. The van der Waals surface area contributed by atoms with Crippen molar-refractivity contribution in [3.8, 4) is 0 Å². The van der Waals surface area contributed by atoms with Gasteiger partial charge in [-0.15, -0.1) is 0 Å². The molecule has 5 nitrogen and oxygen atoms in total. The Morgan fingerprint density at radius 2 is 1.14 bits per heavy atom. The maximum atomic E-state index is 9.19. The van der Waals surface area contributed by atoms with Crippen LogP contribution in [0.4, 0.5) is 5.69 Å². The number of unbranched alkanes of at least 4 members (excludes halogenated alkanes) is 10. The van der Waals surface area contributed by atoms with Gasteiger partial charge in [-0.05, 0) is 25.0 Å². The van der Waals surface area contributed by atoms with E-state index in [1.807, 2.05) is 0 Å². The van der Waals surface area contributed by atoms with Crippen LogP contribution in [0.25, 0.3) is 0 Å². The van der Waals surface area contributed by atoms with Crippen LogP contribution >= 0.6 is 0 Å². The summed E-state index contributed by atoms with van der Waals surface area (Å²) in [6, 6.07) is 10.9. The first kappa shape index (κ1) is 29.3. The summed E-state index contributed by atoms with van der Waals surface area (Å²) in [5, 5.41) is 0. The quantitative estimate of drug-likeness (QED) is 0.226. The van der Waals surface area contributed by atoms with E-state index in [1.165, 1.54) is 82.9 Å². The molecule has 166 valence electrons. The van der Waals surface area contributed by atoms with Gasteiger partial charge in [0.1, 0.15) is 5.69 Å². The van der Waals surface area contributed by atoms with Crippen molar-refractivity contribution in [2.75, 3.05) is 26.9 Å². The number of rotatable bonds is 13. The molecule has 0 saturated carbocycles. The number of hydrogen-bond acceptors (Lipinski definition) is 3. The Kier molecular flexibility index (Phi) is 17.7. The van der Waals surface area contributed by atoms with Crippen LogP contribution in [0.2, 0.25) is 0 Å². The van der Waals surface area contributed by atoms with Crippen molar-refractivity contribution < 1.29 is 13.0 Å². The zero-order chi connectivity index (χ0) is 20.6. The summed E-state index contributed by atoms with van der Waals surface area (Å²) in [6.45, 7) is 3.54. The van der Waals surface area contributed by atoms with Crippen molar-refractivity contribution in [1.82, 2.24) is 10.6 Å². The fourth-order valence-electron chi connectivity index (χ4n) is 3.13. The van der Waals surface area contributed by atoms with E-state index in [2.05, 4.69) is 51.4 Å². The van der Waals surface area contributed by atoms with Crippen molar-refractivity contribution in [2.24, 2.45) is 0 Å². The number of hydrogen-bond donors (Lipinski definition) is 2. The van der Waals surface area contributed by atoms with Crippen LogP contribution < -0.4 is 10.6 Å². The van der Waals surface area contributed by atoms with E-state index >= 15 is 0 Å². The fourth-order valence-corrected chi connectivity index (χ4v) is 3.13. The van der Waals surface area contributed by atoms with Crippen LogP contribution in [-0.4, -0.2) is 39.9 Å². The second-order valence-electron chi connectivity index (χ2n) is 8.01. The molecular formula is C22H45N2O3S+. The minimum atomic E-state index is -3.67. The van der Waals surface area contributed by atoms with Crippen molar-refractivity contribution in [3.05, 3.63) is 30.3 Å². The molecule has 28 heavy (non-hydrogen) atoms. The summed E-state index contributed by atoms with van der Waals surface area (Å²) in [5.74, 6) is 0. The number of benzene rings is 1. The van der Waals surface area contributed by atoms with Gasteiger partial charge in [-0.2, -0.15) is 8.42 Å². The first-order valence-corrected chi connectivity index (χ1v) is 12.3. The molecule has 0 radical (unpaired) electrons. The minimum absolute atomic E-state index is 0. The molecule has 0 amide bonds. The first-order chi connectivity index (χ1) is 12.7. The van der Waals surface area contributed by atoms with E-state index in [-0.39, 0.29) is 6.15 Å². The Balaban J connectivity index is 0. The molecule has 4 N–H and O–H groups in total. The van der Waals surface area contributed by atoms with E-state index in [0.29, 0.717) is 6.26 Å². The lowest BCUT2D eigenvalue weighted by Gasteiger charge is -2.29. The van der Waals surface area contributed by atoms with Gasteiger partial charge in [0.05, 0.1) is 26.9 Å². The minimum Gasteiger partial charge on any atom is -0.344 e. The van der Waals surface area contributed by atoms with Gasteiger partial charge in [0, 0.05) is 0 Å². The summed E-state index contributed by atoms with van der Waals surface area (Å²) in [6.07, 6.45) is 16.4. The van der Waals surface area contributed by atoms with E-state index in [1.54, 1.807) is 0 Å². The predicted molar refractivity (Wildman–Crippen MR) is 124 cm³/mol. The molecule has 0 aliphatic rings. The first-order valence-electron chi connectivity index (χ1n) is 10.5. The molecule has 0 heterocycles. The molecule has 0 unspecified atom stereocenters. The van der Waals surface area contributed by atoms with Gasteiger partial charge in [-0.1, -0.05) is 82.9 Å². The van der Waals surface area contributed by atoms with Crippen molar-refractivity contribution in [2.45, 2.75) is 77.6 Å². The molecule has 6 heteroatoms. The maximum Gasteiger partial charge on any atom is 0.261 e. The molecule has 1 rings (SSSR count).